The number of ether oxygens (including phenoxy) is 1. The molecular weight excluding hydrogens is 468 g/mol. The summed E-state index contributed by atoms with van der Waals surface area (Å²) < 4.78 is 4.77. The van der Waals surface area contributed by atoms with E-state index in [4.69, 9.17) is 4.74 Å². The number of piperazine rings is 1. The molecule has 9 nitrogen and oxygen atoms in total. The lowest BCUT2D eigenvalue weighted by molar-refractivity contribution is 0.0772. The molecule has 196 valence electrons. The van der Waals surface area contributed by atoms with Crippen LogP contribution < -0.4 is 5.32 Å². The smallest absolute Gasteiger partial charge is 0.411 e. The SMILES string of the molecule is CCN(CC)C(=O)c1ccc([C@H](c2cccc(NC(=O)OC)c2)N2CCN(Cc3ncc[nH]3)CC2)cc1. The molecule has 0 aliphatic carbocycles. The predicted octanol–water partition coefficient (Wildman–Crippen LogP) is 3.98. The Morgan fingerprint density at radius 2 is 1.78 bits per heavy atom. The van der Waals surface area contributed by atoms with Crippen molar-refractivity contribution in [1.82, 2.24) is 24.7 Å². The maximum absolute atomic E-state index is 12.9. The second kappa shape index (κ2) is 12.5. The zero-order valence-electron chi connectivity index (χ0n) is 21.8. The molecule has 0 saturated carbocycles. The Morgan fingerprint density at radius 1 is 1.05 bits per heavy atom. The molecule has 37 heavy (non-hydrogen) atoms. The minimum Gasteiger partial charge on any atom is -0.453 e. The molecule has 1 atom stereocenters. The molecule has 0 unspecified atom stereocenters. The molecular formula is C28H36N6O3. The van der Waals surface area contributed by atoms with Gasteiger partial charge in [0.1, 0.15) is 5.82 Å². The summed E-state index contributed by atoms with van der Waals surface area (Å²) in [6.45, 7) is 9.72. The second-order valence-electron chi connectivity index (χ2n) is 9.09. The van der Waals surface area contributed by atoms with E-state index in [0.717, 1.165) is 49.7 Å². The fraction of sp³-hybridized carbons (Fsp3) is 0.393. The lowest BCUT2D eigenvalue weighted by atomic mass is 9.95. The highest BCUT2D eigenvalue weighted by molar-refractivity contribution is 5.94. The Balaban J connectivity index is 1.58. The van der Waals surface area contributed by atoms with Gasteiger partial charge in [-0.25, -0.2) is 9.78 Å². The molecule has 4 rings (SSSR count). The van der Waals surface area contributed by atoms with E-state index in [-0.39, 0.29) is 11.9 Å². The Morgan fingerprint density at radius 3 is 2.41 bits per heavy atom. The number of imidazole rings is 1. The van der Waals surface area contributed by atoms with Crippen LogP contribution in [-0.4, -0.2) is 83.0 Å². The predicted molar refractivity (Wildman–Crippen MR) is 143 cm³/mol. The van der Waals surface area contributed by atoms with Crippen molar-refractivity contribution in [3.63, 3.8) is 0 Å². The third kappa shape index (κ3) is 6.55. The first-order valence-electron chi connectivity index (χ1n) is 12.8. The largest absolute Gasteiger partial charge is 0.453 e. The van der Waals surface area contributed by atoms with Gasteiger partial charge in [0, 0.05) is 62.9 Å². The fourth-order valence-corrected chi connectivity index (χ4v) is 4.85. The molecule has 2 aromatic carbocycles. The van der Waals surface area contributed by atoms with Gasteiger partial charge in [0.25, 0.3) is 5.91 Å². The molecule has 2 amide bonds. The molecule has 1 aliphatic heterocycles. The molecule has 2 heterocycles. The van der Waals surface area contributed by atoms with E-state index in [2.05, 4.69) is 43.3 Å². The van der Waals surface area contributed by atoms with Crippen LogP contribution in [0.1, 0.15) is 47.2 Å². The van der Waals surface area contributed by atoms with Crippen LogP contribution >= 0.6 is 0 Å². The van der Waals surface area contributed by atoms with Crippen molar-refractivity contribution in [2.45, 2.75) is 26.4 Å². The minimum atomic E-state index is -0.500. The van der Waals surface area contributed by atoms with Crippen LogP contribution in [0.4, 0.5) is 10.5 Å². The van der Waals surface area contributed by atoms with Gasteiger partial charge >= 0.3 is 6.09 Å². The Labute approximate surface area is 218 Å². The lowest BCUT2D eigenvalue weighted by Crippen LogP contribution is -2.47. The zero-order chi connectivity index (χ0) is 26.2. The summed E-state index contributed by atoms with van der Waals surface area (Å²) in [6.07, 6.45) is 3.14. The Kier molecular flexibility index (Phi) is 8.92. The lowest BCUT2D eigenvalue weighted by Gasteiger charge is -2.39. The number of benzene rings is 2. The first-order chi connectivity index (χ1) is 18.0. The quantitative estimate of drug-likeness (QED) is 0.458. The van der Waals surface area contributed by atoms with Crippen LogP contribution in [0.5, 0.6) is 0 Å². The topological polar surface area (TPSA) is 93.8 Å². The standard InChI is InChI=1S/C28H36N6O3/c1-4-33(5-2)27(35)22-11-9-21(10-12-22)26(23-7-6-8-24(19-23)31-28(36)37-3)34-17-15-32(16-18-34)20-25-29-13-14-30-25/h6-14,19,26H,4-5,15-18,20H2,1-3H3,(H,29,30)(H,31,36)/t26-/m1/s1. The molecule has 9 heteroatoms. The van der Waals surface area contributed by atoms with Crippen LogP contribution in [0.2, 0.25) is 0 Å². The van der Waals surface area contributed by atoms with Gasteiger partial charge in [0.2, 0.25) is 0 Å². The number of methoxy groups -OCH3 is 1. The van der Waals surface area contributed by atoms with E-state index in [1.165, 1.54) is 7.11 Å². The van der Waals surface area contributed by atoms with Gasteiger partial charge in [-0.3, -0.25) is 19.9 Å². The van der Waals surface area contributed by atoms with E-state index in [9.17, 15) is 9.59 Å². The normalized spacial score (nSPS) is 15.2. The third-order valence-electron chi connectivity index (χ3n) is 6.86. The summed E-state index contributed by atoms with van der Waals surface area (Å²) in [5.74, 6) is 1.02. The summed E-state index contributed by atoms with van der Waals surface area (Å²) in [4.78, 5) is 38.9. The van der Waals surface area contributed by atoms with Gasteiger partial charge in [0.15, 0.2) is 0 Å². The average Bonchev–Trinajstić information content (AvgIpc) is 3.44. The average molecular weight is 505 g/mol. The second-order valence-corrected chi connectivity index (χ2v) is 9.09. The summed E-state index contributed by atoms with van der Waals surface area (Å²) in [5, 5.41) is 2.77. The number of carbonyl (C=O) groups excluding carboxylic acids is 2. The number of hydrogen-bond acceptors (Lipinski definition) is 6. The first kappa shape index (κ1) is 26.4. The van der Waals surface area contributed by atoms with E-state index in [1.54, 1.807) is 6.20 Å². The summed E-state index contributed by atoms with van der Waals surface area (Å²) >= 11 is 0. The number of H-pyrrole nitrogens is 1. The monoisotopic (exact) mass is 504 g/mol. The van der Waals surface area contributed by atoms with Gasteiger partial charge in [0.05, 0.1) is 19.7 Å². The van der Waals surface area contributed by atoms with Crippen molar-refractivity contribution in [2.75, 3.05) is 51.7 Å². The van der Waals surface area contributed by atoms with Gasteiger partial charge < -0.3 is 14.6 Å². The summed E-state index contributed by atoms with van der Waals surface area (Å²) in [7, 11) is 1.35. The van der Waals surface area contributed by atoms with E-state index in [0.29, 0.717) is 24.3 Å². The van der Waals surface area contributed by atoms with Gasteiger partial charge in [-0.05, 0) is 49.2 Å². The van der Waals surface area contributed by atoms with Gasteiger partial charge in [-0.1, -0.05) is 24.3 Å². The number of aromatic amines is 1. The van der Waals surface area contributed by atoms with E-state index < -0.39 is 6.09 Å². The maximum Gasteiger partial charge on any atom is 0.411 e. The highest BCUT2D eigenvalue weighted by atomic mass is 16.5. The van der Waals surface area contributed by atoms with Gasteiger partial charge in [-0.2, -0.15) is 0 Å². The van der Waals surface area contributed by atoms with Crippen molar-refractivity contribution in [3.8, 4) is 0 Å². The number of nitrogens with zero attached hydrogens (tertiary/aromatic N) is 4. The number of rotatable bonds is 9. The van der Waals surface area contributed by atoms with E-state index in [1.807, 2.05) is 55.3 Å². The number of aromatic nitrogens is 2. The molecule has 1 aromatic heterocycles. The molecule has 2 N–H and O–H groups in total. The van der Waals surface area contributed by atoms with Crippen LogP contribution in [0, 0.1) is 0 Å². The maximum atomic E-state index is 12.9. The number of anilines is 1. The minimum absolute atomic E-state index is 0.0252. The van der Waals surface area contributed by atoms with Crippen molar-refractivity contribution >= 4 is 17.7 Å². The fourth-order valence-electron chi connectivity index (χ4n) is 4.85. The zero-order valence-corrected chi connectivity index (χ0v) is 21.8. The highest BCUT2D eigenvalue weighted by Gasteiger charge is 2.27. The summed E-state index contributed by atoms with van der Waals surface area (Å²) in [5.41, 5.74) is 3.54. The number of amides is 2. The molecule has 1 fully saturated rings. The summed E-state index contributed by atoms with van der Waals surface area (Å²) in [6, 6.07) is 15.8. The van der Waals surface area contributed by atoms with Crippen LogP contribution in [-0.2, 0) is 11.3 Å². The molecule has 0 spiro atoms. The van der Waals surface area contributed by atoms with Crippen LogP contribution in [0.15, 0.2) is 60.9 Å². The molecule has 0 radical (unpaired) electrons. The molecule has 1 saturated heterocycles. The van der Waals surface area contributed by atoms with Crippen molar-refractivity contribution in [3.05, 3.63) is 83.4 Å². The van der Waals surface area contributed by atoms with Crippen LogP contribution in [0.25, 0.3) is 0 Å². The molecule has 0 bridgehead atoms. The highest BCUT2D eigenvalue weighted by Crippen LogP contribution is 2.32. The molecule has 3 aromatic rings. The van der Waals surface area contributed by atoms with Gasteiger partial charge in [-0.15, -0.1) is 0 Å². The Bertz CT molecular complexity index is 1150. The van der Waals surface area contributed by atoms with E-state index >= 15 is 0 Å². The van der Waals surface area contributed by atoms with Crippen LogP contribution in [0.3, 0.4) is 0 Å². The number of carbonyl (C=O) groups is 2. The third-order valence-corrected chi connectivity index (χ3v) is 6.86. The van der Waals surface area contributed by atoms with Crippen molar-refractivity contribution < 1.29 is 14.3 Å². The first-order valence-corrected chi connectivity index (χ1v) is 12.8. The van der Waals surface area contributed by atoms with Crippen molar-refractivity contribution in [2.24, 2.45) is 0 Å². The van der Waals surface area contributed by atoms with Crippen molar-refractivity contribution in [1.29, 1.82) is 0 Å². The number of nitrogens with one attached hydrogen (secondary N) is 2. The molecule has 1 aliphatic rings. The number of hydrogen-bond donors (Lipinski definition) is 2. The Hall–Kier alpha value is -3.69.